The maximum absolute atomic E-state index is 10.2. The van der Waals surface area contributed by atoms with Gasteiger partial charge in [-0.25, -0.2) is 0 Å². The third-order valence-electron chi connectivity index (χ3n) is 3.07. The molecule has 2 rings (SSSR count). The van der Waals surface area contributed by atoms with E-state index in [2.05, 4.69) is 10.1 Å². The van der Waals surface area contributed by atoms with E-state index < -0.39 is 5.60 Å². The van der Waals surface area contributed by atoms with Crippen LogP contribution in [0, 0.1) is 6.92 Å². The van der Waals surface area contributed by atoms with Crippen LogP contribution in [0.5, 0.6) is 0 Å². The number of aliphatic hydroxyl groups is 1. The Labute approximate surface area is 95.4 Å². The lowest BCUT2D eigenvalue weighted by Gasteiger charge is -2.27. The van der Waals surface area contributed by atoms with Crippen LogP contribution in [0.3, 0.4) is 0 Å². The fourth-order valence-electron chi connectivity index (χ4n) is 2.38. The second-order valence-corrected chi connectivity index (χ2v) is 4.84. The van der Waals surface area contributed by atoms with Crippen molar-refractivity contribution in [1.82, 2.24) is 15.0 Å². The van der Waals surface area contributed by atoms with Crippen molar-refractivity contribution in [1.29, 1.82) is 0 Å². The van der Waals surface area contributed by atoms with Crippen molar-refractivity contribution < 1.29 is 9.63 Å². The van der Waals surface area contributed by atoms with Gasteiger partial charge in [0.2, 0.25) is 5.89 Å². The predicted molar refractivity (Wildman–Crippen MR) is 58.8 cm³/mol. The van der Waals surface area contributed by atoms with Crippen LogP contribution in [-0.2, 0) is 6.54 Å². The summed E-state index contributed by atoms with van der Waals surface area (Å²) in [6, 6.07) is 0. The topological polar surface area (TPSA) is 62.4 Å². The van der Waals surface area contributed by atoms with Gasteiger partial charge in [0.05, 0.1) is 12.1 Å². The molecule has 0 bridgehead atoms. The molecule has 1 aromatic rings. The van der Waals surface area contributed by atoms with Gasteiger partial charge in [-0.2, -0.15) is 4.98 Å². The molecule has 0 amide bonds. The maximum atomic E-state index is 10.2. The molecule has 16 heavy (non-hydrogen) atoms. The fraction of sp³-hybridized carbons (Fsp3) is 0.818. The number of aryl methyl sites for hydroxylation is 1. The number of hydrogen-bond donors (Lipinski definition) is 1. The Morgan fingerprint density at radius 3 is 2.69 bits per heavy atom. The number of rotatable bonds is 4. The molecule has 1 N–H and O–H groups in total. The molecule has 0 aromatic carbocycles. The van der Waals surface area contributed by atoms with Gasteiger partial charge in [0.1, 0.15) is 0 Å². The highest BCUT2D eigenvalue weighted by Crippen LogP contribution is 2.30. The second-order valence-electron chi connectivity index (χ2n) is 4.84. The molecular formula is C11H19N3O2. The second kappa shape index (κ2) is 4.51. The van der Waals surface area contributed by atoms with E-state index in [1.807, 2.05) is 11.9 Å². The summed E-state index contributed by atoms with van der Waals surface area (Å²) in [5.41, 5.74) is -0.510. The maximum Gasteiger partial charge on any atom is 0.240 e. The Morgan fingerprint density at radius 1 is 1.44 bits per heavy atom. The smallest absolute Gasteiger partial charge is 0.240 e. The number of nitrogens with zero attached hydrogens (tertiary/aromatic N) is 3. The molecule has 0 spiro atoms. The molecule has 1 aliphatic rings. The van der Waals surface area contributed by atoms with Gasteiger partial charge in [-0.3, -0.25) is 4.90 Å². The summed E-state index contributed by atoms with van der Waals surface area (Å²) < 4.78 is 5.05. The zero-order valence-electron chi connectivity index (χ0n) is 9.94. The van der Waals surface area contributed by atoms with Gasteiger partial charge in [0.15, 0.2) is 5.82 Å². The quantitative estimate of drug-likeness (QED) is 0.831. The standard InChI is InChI=1S/C11H19N3O2/c1-9-12-10(16-13-9)7-14(2)8-11(15)5-3-4-6-11/h15H,3-8H2,1-2H3. The first-order valence-electron chi connectivity index (χ1n) is 5.78. The minimum absolute atomic E-state index is 0.510. The molecule has 0 atom stereocenters. The molecule has 1 saturated carbocycles. The van der Waals surface area contributed by atoms with Crippen LogP contribution in [0.15, 0.2) is 4.52 Å². The molecule has 90 valence electrons. The highest BCUT2D eigenvalue weighted by Gasteiger charge is 2.32. The highest BCUT2D eigenvalue weighted by atomic mass is 16.5. The minimum atomic E-state index is -0.510. The summed E-state index contributed by atoms with van der Waals surface area (Å²) in [7, 11) is 1.97. The number of hydrogen-bond acceptors (Lipinski definition) is 5. The Bertz CT molecular complexity index is 345. The number of aromatic nitrogens is 2. The first-order valence-corrected chi connectivity index (χ1v) is 5.78. The molecule has 5 heteroatoms. The zero-order chi connectivity index (χ0) is 11.6. The monoisotopic (exact) mass is 225 g/mol. The van der Waals surface area contributed by atoms with E-state index in [0.717, 1.165) is 25.7 Å². The third kappa shape index (κ3) is 2.80. The minimum Gasteiger partial charge on any atom is -0.389 e. The van der Waals surface area contributed by atoms with Crippen LogP contribution in [0.1, 0.15) is 37.4 Å². The summed E-state index contributed by atoms with van der Waals surface area (Å²) in [5, 5.41) is 14.0. The average molecular weight is 225 g/mol. The Hall–Kier alpha value is -0.940. The van der Waals surface area contributed by atoms with Gasteiger partial charge in [-0.15, -0.1) is 0 Å². The molecule has 0 radical (unpaired) electrons. The van der Waals surface area contributed by atoms with Crippen LogP contribution in [0.25, 0.3) is 0 Å². The van der Waals surface area contributed by atoms with E-state index >= 15 is 0 Å². The first kappa shape index (κ1) is 11.5. The van der Waals surface area contributed by atoms with Crippen LogP contribution in [0.4, 0.5) is 0 Å². The number of likely N-dealkylation sites (N-methyl/N-ethyl adjacent to an activating group) is 1. The predicted octanol–water partition coefficient (Wildman–Crippen LogP) is 1.11. The van der Waals surface area contributed by atoms with Gasteiger partial charge in [-0.05, 0) is 26.8 Å². The Kier molecular flexibility index (Phi) is 3.25. The van der Waals surface area contributed by atoms with Crippen molar-refractivity contribution in [3.05, 3.63) is 11.7 Å². The van der Waals surface area contributed by atoms with E-state index in [1.165, 1.54) is 0 Å². The lowest BCUT2D eigenvalue weighted by Crippen LogP contribution is -2.38. The van der Waals surface area contributed by atoms with E-state index in [0.29, 0.717) is 24.8 Å². The van der Waals surface area contributed by atoms with Crippen molar-refractivity contribution in [3.8, 4) is 0 Å². The lowest BCUT2D eigenvalue weighted by molar-refractivity contribution is 0.0124. The van der Waals surface area contributed by atoms with E-state index in [4.69, 9.17) is 4.52 Å². The molecule has 1 aromatic heterocycles. The summed E-state index contributed by atoms with van der Waals surface area (Å²) in [4.78, 5) is 6.19. The molecule has 5 nitrogen and oxygen atoms in total. The van der Waals surface area contributed by atoms with Gasteiger partial charge >= 0.3 is 0 Å². The highest BCUT2D eigenvalue weighted by molar-refractivity contribution is 4.88. The van der Waals surface area contributed by atoms with Crippen molar-refractivity contribution in [2.45, 2.75) is 44.8 Å². The first-order chi connectivity index (χ1) is 7.57. The summed E-state index contributed by atoms with van der Waals surface area (Å²) in [5.74, 6) is 1.27. The molecule has 1 aliphatic carbocycles. The summed E-state index contributed by atoms with van der Waals surface area (Å²) >= 11 is 0. The zero-order valence-corrected chi connectivity index (χ0v) is 9.94. The average Bonchev–Trinajstić information content (AvgIpc) is 2.75. The van der Waals surface area contributed by atoms with Crippen molar-refractivity contribution in [3.63, 3.8) is 0 Å². The SMILES string of the molecule is Cc1noc(CN(C)CC2(O)CCCC2)n1. The van der Waals surface area contributed by atoms with Crippen molar-refractivity contribution in [2.24, 2.45) is 0 Å². The fourth-order valence-corrected chi connectivity index (χ4v) is 2.38. The third-order valence-corrected chi connectivity index (χ3v) is 3.07. The molecule has 0 aliphatic heterocycles. The molecule has 0 saturated heterocycles. The van der Waals surface area contributed by atoms with Gasteiger partial charge < -0.3 is 9.63 Å². The van der Waals surface area contributed by atoms with Gasteiger partial charge in [-0.1, -0.05) is 18.0 Å². The van der Waals surface area contributed by atoms with Crippen molar-refractivity contribution >= 4 is 0 Å². The van der Waals surface area contributed by atoms with Crippen LogP contribution in [0.2, 0.25) is 0 Å². The van der Waals surface area contributed by atoms with Crippen LogP contribution in [-0.4, -0.2) is 39.3 Å². The normalized spacial score (nSPS) is 19.5. The van der Waals surface area contributed by atoms with Crippen LogP contribution < -0.4 is 0 Å². The summed E-state index contributed by atoms with van der Waals surface area (Å²) in [6.07, 6.45) is 4.06. The molecule has 0 unspecified atom stereocenters. The van der Waals surface area contributed by atoms with Crippen LogP contribution >= 0.6 is 0 Å². The van der Waals surface area contributed by atoms with E-state index in [9.17, 15) is 5.11 Å². The summed E-state index contributed by atoms with van der Waals surface area (Å²) in [6.45, 7) is 3.08. The van der Waals surface area contributed by atoms with E-state index in [1.54, 1.807) is 6.92 Å². The molecule has 1 heterocycles. The van der Waals surface area contributed by atoms with Gasteiger partial charge in [0, 0.05) is 6.54 Å². The Morgan fingerprint density at radius 2 is 2.12 bits per heavy atom. The molecular weight excluding hydrogens is 206 g/mol. The largest absolute Gasteiger partial charge is 0.389 e. The lowest BCUT2D eigenvalue weighted by atomic mass is 10.0. The molecule has 1 fully saturated rings. The van der Waals surface area contributed by atoms with Crippen molar-refractivity contribution in [2.75, 3.05) is 13.6 Å². The van der Waals surface area contributed by atoms with Gasteiger partial charge in [0.25, 0.3) is 0 Å². The van der Waals surface area contributed by atoms with E-state index in [-0.39, 0.29) is 0 Å². The Balaban J connectivity index is 1.86.